The van der Waals surface area contributed by atoms with Gasteiger partial charge in [0.1, 0.15) is 11.4 Å². The van der Waals surface area contributed by atoms with Crippen LogP contribution in [0.15, 0.2) is 18.2 Å². The van der Waals surface area contributed by atoms with Gasteiger partial charge in [-0.25, -0.2) is 14.2 Å². The Hall–Kier alpha value is -2.70. The predicted octanol–water partition coefficient (Wildman–Crippen LogP) is 5.60. The molecule has 0 spiro atoms. The van der Waals surface area contributed by atoms with E-state index in [9.17, 15) is 9.18 Å². The van der Waals surface area contributed by atoms with Crippen molar-refractivity contribution in [2.75, 3.05) is 23.3 Å². The summed E-state index contributed by atoms with van der Waals surface area (Å²) in [6.07, 6.45) is 2.97. The first kappa shape index (κ1) is 25.0. The number of rotatable bonds is 5. The Morgan fingerprint density at radius 3 is 2.61 bits per heavy atom. The Kier molecular flexibility index (Phi) is 6.46. The van der Waals surface area contributed by atoms with E-state index in [1.807, 2.05) is 45.9 Å². The molecule has 2 aliphatic rings. The molecule has 2 fully saturated rings. The third-order valence-electron chi connectivity index (χ3n) is 6.55. The van der Waals surface area contributed by atoms with E-state index in [0.717, 1.165) is 27.3 Å². The average molecular weight is 607 g/mol. The molecule has 5 rings (SSSR count). The third-order valence-corrected chi connectivity index (χ3v) is 7.22. The minimum Gasteiger partial charge on any atom is -0.444 e. The summed E-state index contributed by atoms with van der Waals surface area (Å²) in [7, 11) is 0. The molecule has 1 aliphatic heterocycles. The molecule has 36 heavy (non-hydrogen) atoms. The van der Waals surface area contributed by atoms with Gasteiger partial charge in [0.15, 0.2) is 11.6 Å². The van der Waals surface area contributed by atoms with E-state index in [4.69, 9.17) is 14.7 Å². The molecule has 1 aromatic carbocycles. The molecule has 0 bridgehead atoms. The number of nitrogens with one attached hydrogen (secondary N) is 3. The zero-order valence-corrected chi connectivity index (χ0v) is 23.1. The highest BCUT2D eigenvalue weighted by Crippen LogP contribution is 2.42. The van der Waals surface area contributed by atoms with Gasteiger partial charge in [0.2, 0.25) is 5.95 Å². The van der Waals surface area contributed by atoms with Gasteiger partial charge in [-0.15, -0.1) is 0 Å². The number of aromatic nitrogens is 4. The zero-order chi connectivity index (χ0) is 25.7. The van der Waals surface area contributed by atoms with Crippen molar-refractivity contribution in [3.63, 3.8) is 0 Å². The number of aromatic amines is 1. The lowest BCUT2D eigenvalue weighted by atomic mass is 9.90. The monoisotopic (exact) mass is 607 g/mol. The van der Waals surface area contributed by atoms with Crippen LogP contribution in [-0.4, -0.2) is 50.5 Å². The van der Waals surface area contributed by atoms with Gasteiger partial charge < -0.3 is 20.3 Å². The second-order valence-electron chi connectivity index (χ2n) is 10.9. The number of halogens is 2. The third kappa shape index (κ3) is 5.50. The van der Waals surface area contributed by atoms with Crippen molar-refractivity contribution in [3.05, 3.63) is 33.3 Å². The van der Waals surface area contributed by atoms with Crippen LogP contribution in [-0.2, 0) is 4.74 Å². The van der Waals surface area contributed by atoms with Crippen molar-refractivity contribution in [2.45, 2.75) is 70.4 Å². The van der Waals surface area contributed by atoms with Gasteiger partial charge in [-0.3, -0.25) is 5.10 Å². The number of benzene rings is 1. The summed E-state index contributed by atoms with van der Waals surface area (Å²) < 4.78 is 21.5. The van der Waals surface area contributed by atoms with Crippen LogP contribution in [0.2, 0.25) is 0 Å². The molecule has 192 valence electrons. The van der Waals surface area contributed by atoms with Crippen LogP contribution >= 0.6 is 22.6 Å². The number of carbonyl (C=O) groups is 1. The molecule has 11 heteroatoms. The first-order valence-electron chi connectivity index (χ1n) is 12.2. The fourth-order valence-corrected chi connectivity index (χ4v) is 4.87. The lowest BCUT2D eigenvalue weighted by Crippen LogP contribution is -2.54. The summed E-state index contributed by atoms with van der Waals surface area (Å²) >= 11 is 2.24. The van der Waals surface area contributed by atoms with Gasteiger partial charge in [-0.2, -0.15) is 10.1 Å². The van der Waals surface area contributed by atoms with Crippen LogP contribution in [0.4, 0.5) is 26.8 Å². The van der Waals surface area contributed by atoms with Crippen molar-refractivity contribution in [3.8, 4) is 0 Å². The van der Waals surface area contributed by atoms with Crippen LogP contribution in [0.1, 0.15) is 65.0 Å². The Labute approximate surface area is 223 Å². The Balaban J connectivity index is 1.37. The van der Waals surface area contributed by atoms with Crippen LogP contribution < -0.4 is 15.5 Å². The number of ether oxygens (including phenoxy) is 1. The number of alkyl carbamates (subject to hydrolysis) is 1. The molecular formula is C25H31FIN7O2. The highest BCUT2D eigenvalue weighted by molar-refractivity contribution is 14.1. The maximum atomic E-state index is 15.0. The SMILES string of the molecule is CC1(NC(=O)OC(C)(C)C)CCN(c2nc(Nc3n[nH]c(C4CC4)c3F)c3cc(I)ccc3n2)CC1. The summed E-state index contributed by atoms with van der Waals surface area (Å²) in [5, 5.41) is 14.0. The number of fused-ring (bicyclic) bond motifs is 1. The van der Waals surface area contributed by atoms with Gasteiger partial charge in [0.25, 0.3) is 0 Å². The number of carbonyl (C=O) groups excluding carboxylic acids is 1. The zero-order valence-electron chi connectivity index (χ0n) is 20.9. The Morgan fingerprint density at radius 1 is 1.22 bits per heavy atom. The lowest BCUT2D eigenvalue weighted by molar-refractivity contribution is 0.0448. The van der Waals surface area contributed by atoms with E-state index in [2.05, 4.69) is 48.3 Å². The molecule has 0 atom stereocenters. The van der Waals surface area contributed by atoms with Crippen LogP contribution in [0, 0.1) is 9.39 Å². The lowest BCUT2D eigenvalue weighted by Gasteiger charge is -2.40. The van der Waals surface area contributed by atoms with Crippen molar-refractivity contribution in [2.24, 2.45) is 0 Å². The van der Waals surface area contributed by atoms with Gasteiger partial charge in [-0.1, -0.05) is 0 Å². The van der Waals surface area contributed by atoms with Crippen molar-refractivity contribution >= 4 is 57.2 Å². The van der Waals surface area contributed by atoms with E-state index in [-0.39, 0.29) is 23.1 Å². The fourth-order valence-electron chi connectivity index (χ4n) is 4.38. The minimum atomic E-state index is -0.547. The largest absolute Gasteiger partial charge is 0.444 e. The van der Waals surface area contributed by atoms with Crippen LogP contribution in [0.3, 0.4) is 0 Å². The molecular weight excluding hydrogens is 576 g/mol. The summed E-state index contributed by atoms with van der Waals surface area (Å²) in [5.74, 6) is 1.10. The number of anilines is 3. The van der Waals surface area contributed by atoms with Gasteiger partial charge in [-0.05, 0) is 94.2 Å². The smallest absolute Gasteiger partial charge is 0.408 e. The topological polar surface area (TPSA) is 108 Å². The summed E-state index contributed by atoms with van der Waals surface area (Å²) in [6.45, 7) is 8.89. The van der Waals surface area contributed by atoms with Crippen LogP contribution in [0.25, 0.3) is 10.9 Å². The maximum absolute atomic E-state index is 15.0. The average Bonchev–Trinajstić information content (AvgIpc) is 3.56. The molecule has 1 amide bonds. The fraction of sp³-hybridized carbons (Fsp3) is 0.520. The highest BCUT2D eigenvalue weighted by Gasteiger charge is 2.34. The van der Waals surface area contributed by atoms with Gasteiger partial charge in [0.05, 0.1) is 11.2 Å². The van der Waals surface area contributed by atoms with Gasteiger partial charge >= 0.3 is 6.09 Å². The quantitative estimate of drug-likeness (QED) is 0.324. The number of nitrogens with zero attached hydrogens (tertiary/aromatic N) is 4. The molecule has 9 nitrogen and oxygen atoms in total. The van der Waals surface area contributed by atoms with E-state index < -0.39 is 11.7 Å². The molecule has 0 unspecified atom stereocenters. The molecule has 1 aliphatic carbocycles. The summed E-state index contributed by atoms with van der Waals surface area (Å²) in [6, 6.07) is 5.91. The number of hydrogen-bond acceptors (Lipinski definition) is 7. The first-order valence-corrected chi connectivity index (χ1v) is 13.3. The summed E-state index contributed by atoms with van der Waals surface area (Å²) in [4.78, 5) is 24.0. The molecule has 2 aromatic heterocycles. The van der Waals surface area contributed by atoms with Gasteiger partial charge in [0, 0.05) is 33.5 Å². The van der Waals surface area contributed by atoms with Crippen molar-refractivity contribution in [1.29, 1.82) is 0 Å². The standard InChI is InChI=1S/C25H31FIN7O2/c1-24(2,3)36-23(35)31-25(4)9-11-34(12-10-25)22-28-17-8-7-15(27)13-16(17)20(30-22)29-21-18(26)19(32-33-21)14-5-6-14/h7-8,13-14H,5-6,9-12H2,1-4H3,(H,31,35)(H2,28,29,30,32,33). The van der Waals surface area contributed by atoms with E-state index in [1.165, 1.54) is 0 Å². The number of piperidine rings is 1. The summed E-state index contributed by atoms with van der Waals surface area (Å²) in [5.41, 5.74) is 0.388. The van der Waals surface area contributed by atoms with Crippen LogP contribution in [0.5, 0.6) is 0 Å². The molecule has 0 radical (unpaired) electrons. The minimum absolute atomic E-state index is 0.148. The molecule has 3 aromatic rings. The van der Waals surface area contributed by atoms with Crippen molar-refractivity contribution in [1.82, 2.24) is 25.5 Å². The molecule has 1 saturated heterocycles. The highest BCUT2D eigenvalue weighted by atomic mass is 127. The first-order chi connectivity index (χ1) is 17.0. The van der Waals surface area contributed by atoms with E-state index in [1.54, 1.807) is 0 Å². The van der Waals surface area contributed by atoms with E-state index in [0.29, 0.717) is 43.4 Å². The van der Waals surface area contributed by atoms with E-state index >= 15 is 0 Å². The number of H-pyrrole nitrogens is 1. The normalized spacial score (nSPS) is 17.8. The second-order valence-corrected chi connectivity index (χ2v) is 12.2. The molecule has 3 heterocycles. The Bertz CT molecular complexity index is 1290. The molecule has 1 saturated carbocycles. The molecule has 3 N–H and O–H groups in total. The second kappa shape index (κ2) is 9.31. The van der Waals surface area contributed by atoms with Crippen molar-refractivity contribution < 1.29 is 13.9 Å². The maximum Gasteiger partial charge on any atom is 0.408 e. The number of amides is 1. The Morgan fingerprint density at radius 2 is 1.94 bits per heavy atom. The predicted molar refractivity (Wildman–Crippen MR) is 145 cm³/mol. The number of hydrogen-bond donors (Lipinski definition) is 3.